The summed E-state index contributed by atoms with van der Waals surface area (Å²) in [6.07, 6.45) is 0. The second kappa shape index (κ2) is 8.08. The highest BCUT2D eigenvalue weighted by Gasteiger charge is 2.17. The van der Waals surface area contributed by atoms with Crippen molar-refractivity contribution in [3.8, 4) is 11.1 Å². The summed E-state index contributed by atoms with van der Waals surface area (Å²) in [6, 6.07) is 12.2. The van der Waals surface area contributed by atoms with Crippen molar-refractivity contribution >= 4 is 28.7 Å². The van der Waals surface area contributed by atoms with E-state index in [4.69, 9.17) is 18.2 Å². The van der Waals surface area contributed by atoms with Crippen molar-refractivity contribution in [2.75, 3.05) is 11.4 Å². The van der Waals surface area contributed by atoms with Crippen LogP contribution in [0.4, 0.5) is 17.1 Å². The summed E-state index contributed by atoms with van der Waals surface area (Å²) < 4.78 is 2.05. The largest absolute Gasteiger partial charge is 0.342 e. The Morgan fingerprint density at radius 1 is 1.11 bits per heavy atom. The average molecular weight is 393 g/mol. The predicted molar refractivity (Wildman–Crippen MR) is 118 cm³/mol. The van der Waals surface area contributed by atoms with Crippen LogP contribution < -0.4 is 4.90 Å². The minimum absolute atomic E-state index is 0.477. The van der Waals surface area contributed by atoms with Gasteiger partial charge in [0.2, 0.25) is 5.69 Å². The third-order valence-corrected chi connectivity index (χ3v) is 5.45. The van der Waals surface area contributed by atoms with Crippen LogP contribution in [0.3, 0.4) is 0 Å². The minimum atomic E-state index is 0.477. The molecule has 5 heteroatoms. The molecule has 3 aromatic rings. The van der Waals surface area contributed by atoms with Gasteiger partial charge in [0.05, 0.1) is 12.3 Å². The highest BCUT2D eigenvalue weighted by atomic mass is 35.5. The first-order chi connectivity index (χ1) is 13.4. The molecule has 28 heavy (non-hydrogen) atoms. The number of halogens is 1. The lowest BCUT2D eigenvalue weighted by atomic mass is 10.00. The van der Waals surface area contributed by atoms with Crippen LogP contribution in [0.15, 0.2) is 36.4 Å². The maximum atomic E-state index is 7.21. The SMILES string of the molecule is [C-]#[N+]c1ccc(N(CC)c2cc(-c3c(C)nn(CC)c3C)ccc2C)cc1Cl. The first-order valence-corrected chi connectivity index (χ1v) is 9.88. The molecule has 0 unspecified atom stereocenters. The van der Waals surface area contributed by atoms with Crippen molar-refractivity contribution in [1.29, 1.82) is 0 Å². The van der Waals surface area contributed by atoms with E-state index in [-0.39, 0.29) is 0 Å². The standard InChI is InChI=1S/C23H25ClN4/c1-7-27(19-11-12-21(25-6)20(24)14-19)22-13-18(10-9-15(22)3)23-16(4)26-28(8-2)17(23)5/h9-14H,7-8H2,1-5H3. The number of rotatable bonds is 5. The summed E-state index contributed by atoms with van der Waals surface area (Å²) in [5.74, 6) is 0. The molecule has 0 radical (unpaired) electrons. The molecule has 1 heterocycles. The smallest absolute Gasteiger partial charge is 0.205 e. The summed E-state index contributed by atoms with van der Waals surface area (Å²) >= 11 is 6.29. The molecule has 0 bridgehead atoms. The van der Waals surface area contributed by atoms with Gasteiger partial charge >= 0.3 is 0 Å². The van der Waals surface area contributed by atoms with E-state index in [2.05, 4.69) is 67.7 Å². The predicted octanol–water partition coefficient (Wildman–Crippen LogP) is 6.86. The maximum Gasteiger partial charge on any atom is 0.205 e. The fraction of sp³-hybridized carbons (Fsp3) is 0.304. The van der Waals surface area contributed by atoms with Crippen molar-refractivity contribution in [3.63, 3.8) is 0 Å². The summed E-state index contributed by atoms with van der Waals surface area (Å²) in [5, 5.41) is 5.15. The van der Waals surface area contributed by atoms with E-state index < -0.39 is 0 Å². The summed E-state index contributed by atoms with van der Waals surface area (Å²) in [6.45, 7) is 19.4. The van der Waals surface area contributed by atoms with E-state index in [1.54, 1.807) is 6.07 Å². The van der Waals surface area contributed by atoms with Gasteiger partial charge in [0.1, 0.15) is 0 Å². The lowest BCUT2D eigenvalue weighted by Gasteiger charge is -2.26. The van der Waals surface area contributed by atoms with Crippen molar-refractivity contribution in [1.82, 2.24) is 9.78 Å². The van der Waals surface area contributed by atoms with E-state index in [0.29, 0.717) is 10.7 Å². The normalized spacial score (nSPS) is 10.8. The monoisotopic (exact) mass is 392 g/mol. The fourth-order valence-corrected chi connectivity index (χ4v) is 3.94. The van der Waals surface area contributed by atoms with Crippen LogP contribution in [-0.4, -0.2) is 16.3 Å². The number of hydrogen-bond donors (Lipinski definition) is 0. The number of aromatic nitrogens is 2. The molecule has 2 aromatic carbocycles. The molecule has 0 amide bonds. The highest BCUT2D eigenvalue weighted by Crippen LogP contribution is 2.37. The molecule has 0 aliphatic carbocycles. The van der Waals surface area contributed by atoms with E-state index >= 15 is 0 Å². The van der Waals surface area contributed by atoms with Gasteiger partial charge in [-0.15, -0.1) is 0 Å². The third kappa shape index (κ3) is 3.50. The van der Waals surface area contributed by atoms with Crippen LogP contribution >= 0.6 is 11.6 Å². The molecular weight excluding hydrogens is 368 g/mol. The Hall–Kier alpha value is -2.77. The third-order valence-electron chi connectivity index (χ3n) is 5.15. The second-order valence-electron chi connectivity index (χ2n) is 6.85. The first-order valence-electron chi connectivity index (χ1n) is 9.50. The number of benzene rings is 2. The summed E-state index contributed by atoms with van der Waals surface area (Å²) in [5.41, 5.74) is 8.37. The van der Waals surface area contributed by atoms with Crippen LogP contribution in [0.25, 0.3) is 16.0 Å². The molecule has 144 valence electrons. The lowest BCUT2D eigenvalue weighted by Crippen LogP contribution is -2.17. The maximum absolute atomic E-state index is 7.21. The van der Waals surface area contributed by atoms with Crippen molar-refractivity contribution in [2.45, 2.75) is 41.2 Å². The zero-order valence-corrected chi connectivity index (χ0v) is 17.8. The Morgan fingerprint density at radius 2 is 1.86 bits per heavy atom. The Balaban J connectivity index is 2.12. The van der Waals surface area contributed by atoms with Crippen LogP contribution in [0.1, 0.15) is 30.8 Å². The van der Waals surface area contributed by atoms with Gasteiger partial charge in [-0.2, -0.15) is 5.10 Å². The fourth-order valence-electron chi connectivity index (χ4n) is 3.72. The van der Waals surface area contributed by atoms with Crippen LogP contribution in [0, 0.1) is 27.3 Å². The zero-order valence-electron chi connectivity index (χ0n) is 17.0. The zero-order chi connectivity index (χ0) is 20.4. The Morgan fingerprint density at radius 3 is 2.43 bits per heavy atom. The number of aryl methyl sites for hydroxylation is 3. The van der Waals surface area contributed by atoms with E-state index in [1.807, 2.05) is 16.8 Å². The second-order valence-corrected chi connectivity index (χ2v) is 7.26. The van der Waals surface area contributed by atoms with Gasteiger partial charge in [0.15, 0.2) is 0 Å². The average Bonchev–Trinajstić information content (AvgIpc) is 2.97. The highest BCUT2D eigenvalue weighted by molar-refractivity contribution is 6.33. The van der Waals surface area contributed by atoms with Gasteiger partial charge in [0.25, 0.3) is 0 Å². The van der Waals surface area contributed by atoms with Crippen LogP contribution in [0.2, 0.25) is 5.02 Å². The van der Waals surface area contributed by atoms with Crippen molar-refractivity contribution < 1.29 is 0 Å². The molecule has 0 N–H and O–H groups in total. The van der Waals surface area contributed by atoms with Gasteiger partial charge in [-0.25, -0.2) is 4.85 Å². The molecule has 0 atom stereocenters. The number of nitrogens with zero attached hydrogens (tertiary/aromatic N) is 4. The van der Waals surface area contributed by atoms with Crippen molar-refractivity contribution in [3.05, 3.63) is 69.8 Å². The number of hydrogen-bond acceptors (Lipinski definition) is 2. The first kappa shape index (κ1) is 20.0. The summed E-state index contributed by atoms with van der Waals surface area (Å²) in [7, 11) is 0. The van der Waals surface area contributed by atoms with Crippen molar-refractivity contribution in [2.24, 2.45) is 0 Å². The van der Waals surface area contributed by atoms with Crippen LogP contribution in [0.5, 0.6) is 0 Å². The van der Waals surface area contributed by atoms with Gasteiger partial charge in [-0.05, 0) is 63.9 Å². The van der Waals surface area contributed by atoms with Gasteiger partial charge < -0.3 is 4.90 Å². The Kier molecular flexibility index (Phi) is 5.76. The molecular formula is C23H25ClN4. The summed E-state index contributed by atoms with van der Waals surface area (Å²) in [4.78, 5) is 5.69. The minimum Gasteiger partial charge on any atom is -0.342 e. The molecule has 0 saturated carbocycles. The van der Waals surface area contributed by atoms with Gasteiger partial charge in [0, 0.05) is 40.7 Å². The molecule has 0 spiro atoms. The topological polar surface area (TPSA) is 25.4 Å². The molecule has 0 aliphatic heterocycles. The Bertz CT molecular complexity index is 1060. The number of anilines is 2. The Labute approximate surface area is 172 Å². The molecule has 3 rings (SSSR count). The van der Waals surface area contributed by atoms with Gasteiger partial charge in [-0.1, -0.05) is 29.8 Å². The van der Waals surface area contributed by atoms with E-state index in [9.17, 15) is 0 Å². The molecule has 4 nitrogen and oxygen atoms in total. The molecule has 0 saturated heterocycles. The quantitative estimate of drug-likeness (QED) is 0.443. The van der Waals surface area contributed by atoms with E-state index in [0.717, 1.165) is 35.7 Å². The van der Waals surface area contributed by atoms with Crippen LogP contribution in [-0.2, 0) is 6.54 Å². The molecule has 0 aliphatic rings. The van der Waals surface area contributed by atoms with E-state index in [1.165, 1.54) is 16.8 Å². The molecule has 1 aromatic heterocycles. The van der Waals surface area contributed by atoms with Gasteiger partial charge in [-0.3, -0.25) is 4.68 Å². The molecule has 0 fully saturated rings. The lowest BCUT2D eigenvalue weighted by molar-refractivity contribution is 0.634.